The van der Waals surface area contributed by atoms with Crippen molar-refractivity contribution in [2.75, 3.05) is 0 Å². The molecule has 1 aliphatic rings. The fraction of sp³-hybridized carbons (Fsp3) is 0.240. The van der Waals surface area contributed by atoms with Gasteiger partial charge in [0.25, 0.3) is 0 Å². The lowest BCUT2D eigenvalue weighted by molar-refractivity contribution is -0.137. The van der Waals surface area contributed by atoms with Crippen LogP contribution < -0.4 is 0 Å². The van der Waals surface area contributed by atoms with Gasteiger partial charge in [0, 0.05) is 32.7 Å². The molecule has 1 saturated carbocycles. The van der Waals surface area contributed by atoms with Crippen molar-refractivity contribution in [3.63, 3.8) is 0 Å². The number of fused-ring (bicyclic) bond motifs is 1. The Morgan fingerprint density at radius 2 is 1.93 bits per heavy atom. The average molecular weight is 421 g/mol. The fourth-order valence-electron chi connectivity index (χ4n) is 3.84. The van der Waals surface area contributed by atoms with E-state index in [1.807, 2.05) is 30.3 Å². The number of furan rings is 1. The first-order valence-corrected chi connectivity index (χ1v) is 11.0. The van der Waals surface area contributed by atoms with Gasteiger partial charge in [0.1, 0.15) is 17.2 Å². The monoisotopic (exact) mass is 420 g/mol. The third-order valence-electron chi connectivity index (χ3n) is 5.56. The van der Waals surface area contributed by atoms with Crippen molar-refractivity contribution in [3.05, 3.63) is 70.9 Å². The Balaban J connectivity index is 1.49. The summed E-state index contributed by atoms with van der Waals surface area (Å²) in [5, 5.41) is 9.77. The van der Waals surface area contributed by atoms with Gasteiger partial charge in [-0.2, -0.15) is 0 Å². The summed E-state index contributed by atoms with van der Waals surface area (Å²) in [7, 11) is 0. The topological polar surface area (TPSA) is 50.4 Å². The highest BCUT2D eigenvalue weighted by Crippen LogP contribution is 2.46. The first-order valence-electron chi connectivity index (χ1n) is 10.2. The zero-order valence-electron chi connectivity index (χ0n) is 16.4. The second-order valence-corrected chi connectivity index (χ2v) is 9.01. The number of carboxylic acid groups (broad SMARTS) is 1. The highest BCUT2D eigenvalue weighted by Gasteiger charge is 2.25. The standard InChI is InChI=1S/C25H21FO3S/c26-18-7-8-19(24-11-10-23(30-24)16-5-6-16)20(14-18)22-13-17-12-15(2-1-3-25(27)28)4-9-21(17)29-22/h4,7-14,16H,1-3,5-6H2,(H,27,28). The zero-order valence-corrected chi connectivity index (χ0v) is 17.2. The number of aliphatic carboxylic acids is 1. The molecule has 2 aromatic carbocycles. The molecule has 30 heavy (non-hydrogen) atoms. The van der Waals surface area contributed by atoms with E-state index in [1.54, 1.807) is 11.3 Å². The Morgan fingerprint density at radius 1 is 1.07 bits per heavy atom. The molecule has 0 radical (unpaired) electrons. The van der Waals surface area contributed by atoms with Crippen LogP contribution in [0.5, 0.6) is 0 Å². The number of aryl methyl sites for hydroxylation is 1. The van der Waals surface area contributed by atoms with Gasteiger partial charge in [0.2, 0.25) is 0 Å². The summed E-state index contributed by atoms with van der Waals surface area (Å²) < 4.78 is 20.2. The van der Waals surface area contributed by atoms with Gasteiger partial charge in [-0.25, -0.2) is 4.39 Å². The van der Waals surface area contributed by atoms with Crippen LogP contribution in [0.2, 0.25) is 0 Å². The largest absolute Gasteiger partial charge is 0.481 e. The van der Waals surface area contributed by atoms with Gasteiger partial charge in [0.05, 0.1) is 0 Å². The Hall–Kier alpha value is -2.92. The molecule has 1 aliphatic carbocycles. The van der Waals surface area contributed by atoms with Crippen LogP contribution in [0.25, 0.3) is 32.7 Å². The van der Waals surface area contributed by atoms with Crippen LogP contribution in [0.4, 0.5) is 4.39 Å². The van der Waals surface area contributed by atoms with Gasteiger partial charge in [-0.05, 0) is 85.7 Å². The number of benzene rings is 2. The van der Waals surface area contributed by atoms with E-state index in [2.05, 4.69) is 12.1 Å². The molecule has 1 fully saturated rings. The Morgan fingerprint density at radius 3 is 2.73 bits per heavy atom. The molecule has 0 atom stereocenters. The van der Waals surface area contributed by atoms with Crippen molar-refractivity contribution in [1.29, 1.82) is 0 Å². The molecule has 0 unspecified atom stereocenters. The Labute approximate surface area is 177 Å². The van der Waals surface area contributed by atoms with E-state index < -0.39 is 5.97 Å². The van der Waals surface area contributed by atoms with Gasteiger partial charge in [-0.15, -0.1) is 11.3 Å². The van der Waals surface area contributed by atoms with Gasteiger partial charge < -0.3 is 9.52 Å². The minimum absolute atomic E-state index is 0.158. The second-order valence-electron chi connectivity index (χ2n) is 7.90. The molecule has 3 nitrogen and oxygen atoms in total. The van der Waals surface area contributed by atoms with Crippen LogP contribution in [-0.4, -0.2) is 11.1 Å². The maximum Gasteiger partial charge on any atom is 0.303 e. The molecule has 0 aliphatic heterocycles. The predicted octanol–water partition coefficient (Wildman–Crippen LogP) is 7.25. The maximum absolute atomic E-state index is 14.1. The molecule has 5 rings (SSSR count). The van der Waals surface area contributed by atoms with Crippen LogP contribution >= 0.6 is 11.3 Å². The third kappa shape index (κ3) is 3.90. The predicted molar refractivity (Wildman–Crippen MR) is 117 cm³/mol. The molecule has 4 aromatic rings. The molecule has 2 aromatic heterocycles. The van der Waals surface area contributed by atoms with Crippen molar-refractivity contribution in [3.8, 4) is 21.8 Å². The molecule has 0 saturated heterocycles. The SMILES string of the molecule is O=C(O)CCCc1ccc2oc(-c3cc(F)ccc3-c3ccc(C4CC4)s3)cc2c1. The highest BCUT2D eigenvalue weighted by molar-refractivity contribution is 7.15. The molecule has 152 valence electrons. The second kappa shape index (κ2) is 7.73. The van der Waals surface area contributed by atoms with Gasteiger partial charge in [-0.3, -0.25) is 4.79 Å². The summed E-state index contributed by atoms with van der Waals surface area (Å²) in [6.45, 7) is 0. The lowest BCUT2D eigenvalue weighted by Crippen LogP contribution is -1.95. The van der Waals surface area contributed by atoms with E-state index in [0.29, 0.717) is 24.5 Å². The lowest BCUT2D eigenvalue weighted by atomic mass is 10.0. The summed E-state index contributed by atoms with van der Waals surface area (Å²) in [4.78, 5) is 13.3. The molecular weight excluding hydrogens is 399 g/mol. The molecular formula is C25H21FO3S. The molecule has 0 spiro atoms. The first-order chi connectivity index (χ1) is 14.6. The third-order valence-corrected chi connectivity index (χ3v) is 6.84. The molecule has 2 heterocycles. The smallest absolute Gasteiger partial charge is 0.303 e. The lowest BCUT2D eigenvalue weighted by Gasteiger charge is -2.06. The minimum Gasteiger partial charge on any atom is -0.481 e. The van der Waals surface area contributed by atoms with Crippen molar-refractivity contribution in [2.45, 2.75) is 38.0 Å². The van der Waals surface area contributed by atoms with Gasteiger partial charge in [-0.1, -0.05) is 6.07 Å². The Bertz CT molecular complexity index is 1230. The van der Waals surface area contributed by atoms with Crippen LogP contribution in [0.1, 0.15) is 42.0 Å². The highest BCUT2D eigenvalue weighted by atomic mass is 32.1. The summed E-state index contributed by atoms with van der Waals surface area (Å²) in [6.07, 6.45) is 3.97. The van der Waals surface area contributed by atoms with E-state index in [9.17, 15) is 9.18 Å². The summed E-state index contributed by atoms with van der Waals surface area (Å²) >= 11 is 1.78. The van der Waals surface area contributed by atoms with Crippen molar-refractivity contribution >= 4 is 28.3 Å². The zero-order chi connectivity index (χ0) is 20.7. The van der Waals surface area contributed by atoms with E-state index >= 15 is 0 Å². The van der Waals surface area contributed by atoms with Crippen LogP contribution in [0, 0.1) is 5.82 Å². The van der Waals surface area contributed by atoms with Crippen molar-refractivity contribution in [2.24, 2.45) is 0 Å². The van der Waals surface area contributed by atoms with E-state index in [4.69, 9.17) is 9.52 Å². The number of hydrogen-bond donors (Lipinski definition) is 1. The van der Waals surface area contributed by atoms with Crippen molar-refractivity contribution < 1.29 is 18.7 Å². The molecule has 0 amide bonds. The van der Waals surface area contributed by atoms with E-state index in [0.717, 1.165) is 32.5 Å². The average Bonchev–Trinajstić information content (AvgIpc) is 3.30. The molecule has 0 bridgehead atoms. The number of carbonyl (C=O) groups is 1. The number of rotatable bonds is 7. The number of halogens is 1. The molecule has 5 heteroatoms. The van der Waals surface area contributed by atoms with Crippen LogP contribution in [0.15, 0.2) is 59.0 Å². The van der Waals surface area contributed by atoms with Crippen molar-refractivity contribution in [1.82, 2.24) is 0 Å². The number of thiophene rings is 1. The van der Waals surface area contributed by atoms with E-state index in [-0.39, 0.29) is 12.2 Å². The van der Waals surface area contributed by atoms with Gasteiger partial charge in [0.15, 0.2) is 0 Å². The summed E-state index contributed by atoms with van der Waals surface area (Å²) in [6, 6.07) is 17.0. The number of hydrogen-bond acceptors (Lipinski definition) is 3. The van der Waals surface area contributed by atoms with Crippen LogP contribution in [-0.2, 0) is 11.2 Å². The summed E-state index contributed by atoms with van der Waals surface area (Å²) in [5.74, 6) is 0.267. The molecule has 1 N–H and O–H groups in total. The van der Waals surface area contributed by atoms with E-state index in [1.165, 1.54) is 29.9 Å². The quantitative estimate of drug-likeness (QED) is 0.342. The normalized spacial score (nSPS) is 13.8. The van der Waals surface area contributed by atoms with Gasteiger partial charge >= 0.3 is 5.97 Å². The first kappa shape index (κ1) is 19.1. The fourth-order valence-corrected chi connectivity index (χ4v) is 5.06. The summed E-state index contributed by atoms with van der Waals surface area (Å²) in [5.41, 5.74) is 3.55. The van der Waals surface area contributed by atoms with Crippen LogP contribution in [0.3, 0.4) is 0 Å². The number of carboxylic acids is 1. The Kier molecular flexibility index (Phi) is 4.91. The maximum atomic E-state index is 14.1. The minimum atomic E-state index is -0.779.